The van der Waals surface area contributed by atoms with Crippen LogP contribution in [0, 0.1) is 5.92 Å². The van der Waals surface area contributed by atoms with Gasteiger partial charge in [-0.3, -0.25) is 4.79 Å². The second kappa shape index (κ2) is 8.80. The molecule has 2 N–H and O–H groups in total. The zero-order valence-corrected chi connectivity index (χ0v) is 13.9. The van der Waals surface area contributed by atoms with Crippen molar-refractivity contribution in [3.63, 3.8) is 0 Å². The Kier molecular flexibility index (Phi) is 7.40. The molecule has 1 aromatic rings. The highest BCUT2D eigenvalue weighted by molar-refractivity contribution is 5.95. The standard InChI is InChI=1S/C17H29N3O/c1-13(2)16(12-20(4)5)19-17(21)15-9-7-6-8-14(15)10-11-18-3/h6-9,13,16,18H,10-12H2,1-5H3,(H,19,21). The molecular weight excluding hydrogens is 262 g/mol. The highest BCUT2D eigenvalue weighted by Gasteiger charge is 2.19. The van der Waals surface area contributed by atoms with E-state index in [9.17, 15) is 4.79 Å². The number of likely N-dealkylation sites (N-methyl/N-ethyl adjacent to an activating group) is 2. The van der Waals surface area contributed by atoms with Crippen LogP contribution in [0.3, 0.4) is 0 Å². The second-order valence-corrected chi connectivity index (χ2v) is 6.10. The maximum absolute atomic E-state index is 12.6. The summed E-state index contributed by atoms with van der Waals surface area (Å²) < 4.78 is 0. The first-order chi connectivity index (χ1) is 9.95. The highest BCUT2D eigenvalue weighted by Crippen LogP contribution is 2.11. The van der Waals surface area contributed by atoms with Gasteiger partial charge in [0.2, 0.25) is 0 Å². The summed E-state index contributed by atoms with van der Waals surface area (Å²) in [6.07, 6.45) is 0.861. The lowest BCUT2D eigenvalue weighted by Crippen LogP contribution is -2.45. The van der Waals surface area contributed by atoms with Crippen LogP contribution in [-0.4, -0.2) is 51.1 Å². The van der Waals surface area contributed by atoms with Crippen LogP contribution in [0.25, 0.3) is 0 Å². The molecule has 118 valence electrons. The third-order valence-corrected chi connectivity index (χ3v) is 3.59. The first-order valence-electron chi connectivity index (χ1n) is 7.63. The van der Waals surface area contributed by atoms with Gasteiger partial charge < -0.3 is 15.5 Å². The summed E-state index contributed by atoms with van der Waals surface area (Å²) >= 11 is 0. The van der Waals surface area contributed by atoms with E-state index >= 15 is 0 Å². The lowest BCUT2D eigenvalue weighted by molar-refractivity contribution is 0.0915. The van der Waals surface area contributed by atoms with Crippen LogP contribution in [0.4, 0.5) is 0 Å². The highest BCUT2D eigenvalue weighted by atomic mass is 16.1. The molecule has 1 amide bonds. The molecule has 0 spiro atoms. The lowest BCUT2D eigenvalue weighted by Gasteiger charge is -2.26. The average molecular weight is 291 g/mol. The van der Waals surface area contributed by atoms with Crippen LogP contribution in [0.1, 0.15) is 29.8 Å². The molecule has 0 bridgehead atoms. The zero-order valence-electron chi connectivity index (χ0n) is 13.9. The number of hydrogen-bond donors (Lipinski definition) is 2. The van der Waals surface area contributed by atoms with Gasteiger partial charge in [0.1, 0.15) is 0 Å². The Morgan fingerprint density at radius 2 is 1.90 bits per heavy atom. The number of carbonyl (C=O) groups excluding carboxylic acids is 1. The van der Waals surface area contributed by atoms with Gasteiger partial charge in [0, 0.05) is 18.2 Å². The smallest absolute Gasteiger partial charge is 0.251 e. The van der Waals surface area contributed by atoms with Gasteiger partial charge in [0.15, 0.2) is 0 Å². The Labute approximate surface area is 128 Å². The van der Waals surface area contributed by atoms with Crippen molar-refractivity contribution in [3.05, 3.63) is 35.4 Å². The van der Waals surface area contributed by atoms with E-state index in [2.05, 4.69) is 29.4 Å². The molecule has 4 nitrogen and oxygen atoms in total. The van der Waals surface area contributed by atoms with E-state index in [1.54, 1.807) is 0 Å². The maximum Gasteiger partial charge on any atom is 0.251 e. The molecule has 4 heteroatoms. The molecule has 1 aromatic carbocycles. The van der Waals surface area contributed by atoms with Crippen LogP contribution >= 0.6 is 0 Å². The van der Waals surface area contributed by atoms with Crippen LogP contribution < -0.4 is 10.6 Å². The normalized spacial score (nSPS) is 12.7. The van der Waals surface area contributed by atoms with Crippen molar-refractivity contribution in [2.24, 2.45) is 5.92 Å². The van der Waals surface area contributed by atoms with E-state index in [-0.39, 0.29) is 11.9 Å². The van der Waals surface area contributed by atoms with Gasteiger partial charge in [-0.05, 0) is 51.7 Å². The largest absolute Gasteiger partial charge is 0.348 e. The van der Waals surface area contributed by atoms with Gasteiger partial charge in [-0.1, -0.05) is 32.0 Å². The van der Waals surface area contributed by atoms with E-state index in [1.165, 1.54) is 0 Å². The zero-order chi connectivity index (χ0) is 15.8. The van der Waals surface area contributed by atoms with Crippen molar-refractivity contribution < 1.29 is 4.79 Å². The number of benzene rings is 1. The topological polar surface area (TPSA) is 44.4 Å². The molecule has 1 atom stereocenters. The number of carbonyl (C=O) groups is 1. The predicted molar refractivity (Wildman–Crippen MR) is 88.7 cm³/mol. The third kappa shape index (κ3) is 5.86. The number of nitrogens with one attached hydrogen (secondary N) is 2. The molecule has 1 unspecified atom stereocenters. The lowest BCUT2D eigenvalue weighted by atomic mass is 10.0. The molecule has 21 heavy (non-hydrogen) atoms. The summed E-state index contributed by atoms with van der Waals surface area (Å²) in [5.74, 6) is 0.433. The van der Waals surface area contributed by atoms with Gasteiger partial charge in [-0.25, -0.2) is 0 Å². The predicted octanol–water partition coefficient (Wildman–Crippen LogP) is 1.76. The third-order valence-electron chi connectivity index (χ3n) is 3.59. The first-order valence-corrected chi connectivity index (χ1v) is 7.63. The van der Waals surface area contributed by atoms with E-state index in [0.29, 0.717) is 5.92 Å². The minimum absolute atomic E-state index is 0.0299. The fraction of sp³-hybridized carbons (Fsp3) is 0.588. The molecule has 0 aliphatic heterocycles. The van der Waals surface area contributed by atoms with Crippen molar-refractivity contribution in [1.82, 2.24) is 15.5 Å². The van der Waals surface area contributed by atoms with E-state index in [1.807, 2.05) is 45.4 Å². The van der Waals surface area contributed by atoms with E-state index in [4.69, 9.17) is 0 Å². The second-order valence-electron chi connectivity index (χ2n) is 6.10. The molecule has 0 radical (unpaired) electrons. The molecule has 0 saturated carbocycles. The summed E-state index contributed by atoms with van der Waals surface area (Å²) in [7, 11) is 5.99. The van der Waals surface area contributed by atoms with Gasteiger partial charge in [0.05, 0.1) is 0 Å². The summed E-state index contributed by atoms with van der Waals surface area (Å²) in [4.78, 5) is 14.7. The van der Waals surface area contributed by atoms with Crippen molar-refractivity contribution >= 4 is 5.91 Å². The quantitative estimate of drug-likeness (QED) is 0.767. The fourth-order valence-corrected chi connectivity index (χ4v) is 2.28. The molecular formula is C17H29N3O. The SMILES string of the molecule is CNCCc1ccccc1C(=O)NC(CN(C)C)C(C)C. The molecule has 0 fully saturated rings. The minimum Gasteiger partial charge on any atom is -0.348 e. The summed E-state index contributed by atoms with van der Waals surface area (Å²) in [5.41, 5.74) is 1.88. The molecule has 0 saturated heterocycles. The molecule has 0 aliphatic rings. The van der Waals surface area contributed by atoms with Crippen LogP contribution in [0.2, 0.25) is 0 Å². The van der Waals surface area contributed by atoms with Crippen LogP contribution in [-0.2, 0) is 6.42 Å². The van der Waals surface area contributed by atoms with Crippen molar-refractivity contribution in [2.45, 2.75) is 26.3 Å². The summed E-state index contributed by atoms with van der Waals surface area (Å²) in [5, 5.41) is 6.31. The monoisotopic (exact) mass is 291 g/mol. The Morgan fingerprint density at radius 1 is 1.24 bits per heavy atom. The minimum atomic E-state index is 0.0299. The van der Waals surface area contributed by atoms with Gasteiger partial charge >= 0.3 is 0 Å². The maximum atomic E-state index is 12.6. The van der Waals surface area contributed by atoms with Gasteiger partial charge in [-0.15, -0.1) is 0 Å². The number of hydrogen-bond acceptors (Lipinski definition) is 3. The molecule has 1 rings (SSSR count). The Morgan fingerprint density at radius 3 is 2.48 bits per heavy atom. The Balaban J connectivity index is 2.82. The first kappa shape index (κ1) is 17.7. The van der Waals surface area contributed by atoms with Gasteiger partial charge in [0.25, 0.3) is 5.91 Å². The van der Waals surface area contributed by atoms with Crippen molar-refractivity contribution in [2.75, 3.05) is 34.2 Å². The van der Waals surface area contributed by atoms with Crippen molar-refractivity contribution in [1.29, 1.82) is 0 Å². The Bertz CT molecular complexity index is 443. The average Bonchev–Trinajstić information content (AvgIpc) is 2.44. The fourth-order valence-electron chi connectivity index (χ4n) is 2.28. The number of amides is 1. The molecule has 0 aliphatic carbocycles. The summed E-state index contributed by atoms with van der Waals surface area (Å²) in [6, 6.07) is 8.01. The molecule has 0 aromatic heterocycles. The van der Waals surface area contributed by atoms with E-state index < -0.39 is 0 Å². The molecule has 0 heterocycles. The van der Waals surface area contributed by atoms with Crippen LogP contribution in [0.5, 0.6) is 0 Å². The Hall–Kier alpha value is -1.39. The van der Waals surface area contributed by atoms with E-state index in [0.717, 1.165) is 30.6 Å². The number of rotatable bonds is 8. The van der Waals surface area contributed by atoms with Gasteiger partial charge in [-0.2, -0.15) is 0 Å². The number of nitrogens with zero attached hydrogens (tertiary/aromatic N) is 1. The van der Waals surface area contributed by atoms with Crippen LogP contribution in [0.15, 0.2) is 24.3 Å². The van der Waals surface area contributed by atoms with Crippen molar-refractivity contribution in [3.8, 4) is 0 Å². The summed E-state index contributed by atoms with van der Waals surface area (Å²) in [6.45, 7) is 6.00.